The van der Waals surface area contributed by atoms with Crippen LogP contribution in [0.4, 0.5) is 0 Å². The first-order chi connectivity index (χ1) is 7.35. The van der Waals surface area contributed by atoms with Crippen LogP contribution >= 0.6 is 0 Å². The van der Waals surface area contributed by atoms with Crippen molar-refractivity contribution in [2.75, 3.05) is 6.61 Å². The minimum atomic E-state index is 0.154. The van der Waals surface area contributed by atoms with Crippen molar-refractivity contribution in [2.24, 2.45) is 0 Å². The van der Waals surface area contributed by atoms with Gasteiger partial charge in [0.1, 0.15) is 6.61 Å². The van der Waals surface area contributed by atoms with Gasteiger partial charge in [-0.15, -0.1) is 13.2 Å². The Labute approximate surface area is 93.0 Å². The van der Waals surface area contributed by atoms with Crippen LogP contribution in [0.1, 0.15) is 19.8 Å². The van der Waals surface area contributed by atoms with E-state index in [1.165, 1.54) is 0 Å². The van der Waals surface area contributed by atoms with Crippen LogP contribution in [0.3, 0.4) is 0 Å². The SMILES string of the molecule is C=CCC/C=C/N[C@H](C=C)CO/C=C/C. The van der Waals surface area contributed by atoms with Gasteiger partial charge in [-0.2, -0.15) is 0 Å². The van der Waals surface area contributed by atoms with Gasteiger partial charge in [0.25, 0.3) is 0 Å². The summed E-state index contributed by atoms with van der Waals surface area (Å²) in [6.45, 7) is 9.92. The van der Waals surface area contributed by atoms with Crippen molar-refractivity contribution >= 4 is 0 Å². The second kappa shape index (κ2) is 10.6. The Bertz CT molecular complexity index is 219. The first-order valence-electron chi connectivity index (χ1n) is 5.22. The van der Waals surface area contributed by atoms with Gasteiger partial charge in [-0.05, 0) is 26.0 Å². The molecule has 1 N–H and O–H groups in total. The van der Waals surface area contributed by atoms with Gasteiger partial charge < -0.3 is 10.1 Å². The average molecular weight is 207 g/mol. The fourth-order valence-electron chi connectivity index (χ4n) is 0.929. The third kappa shape index (κ3) is 8.88. The molecule has 0 unspecified atom stereocenters. The molecule has 0 bridgehead atoms. The molecule has 1 atom stereocenters. The van der Waals surface area contributed by atoms with E-state index in [0.717, 1.165) is 12.8 Å². The van der Waals surface area contributed by atoms with Gasteiger partial charge in [0.05, 0.1) is 12.3 Å². The molecule has 0 aromatic rings. The molecule has 0 radical (unpaired) electrons. The molecule has 0 saturated heterocycles. The highest BCUT2D eigenvalue weighted by Gasteiger charge is 1.98. The maximum atomic E-state index is 5.25. The van der Waals surface area contributed by atoms with E-state index in [2.05, 4.69) is 24.6 Å². The lowest BCUT2D eigenvalue weighted by atomic mass is 10.3. The molecule has 0 amide bonds. The van der Waals surface area contributed by atoms with Crippen LogP contribution in [0.2, 0.25) is 0 Å². The summed E-state index contributed by atoms with van der Waals surface area (Å²) < 4.78 is 5.25. The Morgan fingerprint density at radius 1 is 1.33 bits per heavy atom. The van der Waals surface area contributed by atoms with Gasteiger partial charge in [-0.1, -0.05) is 24.3 Å². The van der Waals surface area contributed by atoms with Crippen LogP contribution in [-0.2, 0) is 4.74 Å². The Morgan fingerprint density at radius 3 is 2.73 bits per heavy atom. The maximum absolute atomic E-state index is 5.25. The standard InChI is InChI=1S/C13H21NO/c1-4-7-8-9-10-14-13(6-3)12-15-11-5-2/h4-6,9-11,13-14H,1,3,7-8,12H2,2H3/b10-9+,11-5+/t13-/m1/s1. The Morgan fingerprint density at radius 2 is 2.13 bits per heavy atom. The van der Waals surface area contributed by atoms with Crippen molar-refractivity contribution in [1.82, 2.24) is 5.32 Å². The number of unbranched alkanes of at least 4 members (excludes halogenated alkanes) is 1. The van der Waals surface area contributed by atoms with Crippen LogP contribution in [0, 0.1) is 0 Å². The normalized spacial score (nSPS) is 12.9. The van der Waals surface area contributed by atoms with Crippen LogP contribution in [-0.4, -0.2) is 12.6 Å². The number of rotatable bonds is 9. The van der Waals surface area contributed by atoms with Crippen LogP contribution < -0.4 is 5.32 Å². The molecule has 2 nitrogen and oxygen atoms in total. The smallest absolute Gasteiger partial charge is 0.111 e. The highest BCUT2D eigenvalue weighted by molar-refractivity contribution is 4.92. The first-order valence-corrected chi connectivity index (χ1v) is 5.22. The Kier molecular flexibility index (Phi) is 9.62. The van der Waals surface area contributed by atoms with Crippen LogP contribution in [0.5, 0.6) is 0 Å². The topological polar surface area (TPSA) is 21.3 Å². The van der Waals surface area contributed by atoms with E-state index in [9.17, 15) is 0 Å². The summed E-state index contributed by atoms with van der Waals surface area (Å²) in [6.07, 6.45) is 13.3. The molecular weight excluding hydrogens is 186 g/mol. The lowest BCUT2D eigenvalue weighted by Crippen LogP contribution is -2.26. The van der Waals surface area contributed by atoms with Gasteiger partial charge >= 0.3 is 0 Å². The molecule has 0 aromatic heterocycles. The predicted octanol–water partition coefficient (Wildman–Crippen LogP) is 3.16. The molecule has 0 aliphatic carbocycles. The molecule has 0 rings (SSSR count). The molecule has 0 fully saturated rings. The number of hydrogen-bond acceptors (Lipinski definition) is 2. The van der Waals surface area contributed by atoms with Crippen molar-refractivity contribution in [3.8, 4) is 0 Å². The van der Waals surface area contributed by atoms with E-state index in [4.69, 9.17) is 4.74 Å². The summed E-state index contributed by atoms with van der Waals surface area (Å²) in [5, 5.41) is 3.20. The van der Waals surface area contributed by atoms with Gasteiger partial charge in [-0.3, -0.25) is 0 Å². The largest absolute Gasteiger partial charge is 0.499 e. The highest BCUT2D eigenvalue weighted by Crippen LogP contribution is 1.92. The van der Waals surface area contributed by atoms with Crippen molar-refractivity contribution in [1.29, 1.82) is 0 Å². The van der Waals surface area contributed by atoms with Crippen molar-refractivity contribution in [2.45, 2.75) is 25.8 Å². The highest BCUT2D eigenvalue weighted by atomic mass is 16.5. The lowest BCUT2D eigenvalue weighted by molar-refractivity contribution is 0.232. The third-order valence-electron chi connectivity index (χ3n) is 1.76. The van der Waals surface area contributed by atoms with E-state index in [1.54, 1.807) is 6.26 Å². The predicted molar refractivity (Wildman–Crippen MR) is 66.5 cm³/mol. The maximum Gasteiger partial charge on any atom is 0.111 e. The summed E-state index contributed by atoms with van der Waals surface area (Å²) in [6, 6.07) is 0.154. The minimum Gasteiger partial charge on any atom is -0.499 e. The summed E-state index contributed by atoms with van der Waals surface area (Å²) in [4.78, 5) is 0. The van der Waals surface area contributed by atoms with Crippen molar-refractivity contribution in [3.05, 3.63) is 49.9 Å². The number of hydrogen-bond donors (Lipinski definition) is 1. The molecule has 0 heterocycles. The molecule has 0 saturated carbocycles. The van der Waals surface area contributed by atoms with Gasteiger partial charge in [0, 0.05) is 0 Å². The molecule has 0 aliphatic rings. The molecule has 15 heavy (non-hydrogen) atoms. The van der Waals surface area contributed by atoms with Crippen LogP contribution in [0.15, 0.2) is 49.9 Å². The summed E-state index contributed by atoms with van der Waals surface area (Å²) >= 11 is 0. The molecule has 0 aliphatic heterocycles. The Balaban J connectivity index is 3.64. The van der Waals surface area contributed by atoms with E-state index in [-0.39, 0.29) is 6.04 Å². The molecule has 84 valence electrons. The van der Waals surface area contributed by atoms with Gasteiger partial charge in [0.15, 0.2) is 0 Å². The number of ether oxygens (including phenoxy) is 1. The van der Waals surface area contributed by atoms with Crippen LogP contribution in [0.25, 0.3) is 0 Å². The zero-order valence-electron chi connectivity index (χ0n) is 9.49. The second-order valence-corrected chi connectivity index (χ2v) is 3.08. The number of nitrogens with one attached hydrogen (secondary N) is 1. The molecule has 0 aromatic carbocycles. The zero-order chi connectivity index (χ0) is 11.4. The lowest BCUT2D eigenvalue weighted by Gasteiger charge is -2.11. The average Bonchev–Trinajstić information content (AvgIpc) is 2.26. The summed E-state index contributed by atoms with van der Waals surface area (Å²) in [7, 11) is 0. The summed E-state index contributed by atoms with van der Waals surface area (Å²) in [5.74, 6) is 0. The van der Waals surface area contributed by atoms with E-state index in [0.29, 0.717) is 6.61 Å². The molecular formula is C13H21NO. The second-order valence-electron chi connectivity index (χ2n) is 3.08. The minimum absolute atomic E-state index is 0.154. The fraction of sp³-hybridized carbons (Fsp3) is 0.385. The monoisotopic (exact) mass is 207 g/mol. The fourth-order valence-corrected chi connectivity index (χ4v) is 0.929. The zero-order valence-corrected chi connectivity index (χ0v) is 9.49. The van der Waals surface area contributed by atoms with E-state index < -0.39 is 0 Å². The first kappa shape index (κ1) is 13.6. The summed E-state index contributed by atoms with van der Waals surface area (Å²) in [5.41, 5.74) is 0. The van der Waals surface area contributed by atoms with E-state index >= 15 is 0 Å². The quantitative estimate of drug-likeness (QED) is 0.356. The number of allylic oxidation sites excluding steroid dienone is 3. The van der Waals surface area contributed by atoms with E-state index in [1.807, 2.05) is 31.4 Å². The third-order valence-corrected chi connectivity index (χ3v) is 1.76. The molecule has 0 spiro atoms. The van der Waals surface area contributed by atoms with Crippen molar-refractivity contribution < 1.29 is 4.74 Å². The van der Waals surface area contributed by atoms with Crippen molar-refractivity contribution in [3.63, 3.8) is 0 Å². The van der Waals surface area contributed by atoms with Gasteiger partial charge in [-0.25, -0.2) is 0 Å². The Hall–Kier alpha value is -1.44. The van der Waals surface area contributed by atoms with Gasteiger partial charge in [0.2, 0.25) is 0 Å². The molecule has 2 heteroatoms.